The van der Waals surface area contributed by atoms with E-state index in [9.17, 15) is 4.39 Å². The highest BCUT2D eigenvalue weighted by Crippen LogP contribution is 2.16. The van der Waals surface area contributed by atoms with Crippen LogP contribution < -0.4 is 10.6 Å². The van der Waals surface area contributed by atoms with Crippen LogP contribution in [0.2, 0.25) is 0 Å². The lowest BCUT2D eigenvalue weighted by Gasteiger charge is -2.14. The van der Waals surface area contributed by atoms with E-state index in [4.69, 9.17) is 0 Å². The minimum Gasteiger partial charge on any atom is -0.356 e. The molecule has 30 heavy (non-hydrogen) atoms. The molecule has 0 aliphatic carbocycles. The Morgan fingerprint density at radius 1 is 1.20 bits per heavy atom. The molecule has 0 saturated carbocycles. The van der Waals surface area contributed by atoms with Gasteiger partial charge in [-0.2, -0.15) is 0 Å². The Labute approximate surface area is 200 Å². The van der Waals surface area contributed by atoms with Gasteiger partial charge >= 0.3 is 0 Å². The lowest BCUT2D eigenvalue weighted by atomic mass is 10.1. The zero-order valence-electron chi connectivity index (χ0n) is 18.5. The fourth-order valence-corrected chi connectivity index (χ4v) is 3.66. The minimum atomic E-state index is -0.189. The van der Waals surface area contributed by atoms with Gasteiger partial charge in [0.05, 0.1) is 0 Å². The average molecular weight is 549 g/mol. The second-order valence-corrected chi connectivity index (χ2v) is 8.23. The van der Waals surface area contributed by atoms with Gasteiger partial charge in [0.25, 0.3) is 0 Å². The lowest BCUT2D eigenvalue weighted by Crippen LogP contribution is -2.39. The van der Waals surface area contributed by atoms with Gasteiger partial charge in [0.15, 0.2) is 11.1 Å². The van der Waals surface area contributed by atoms with Gasteiger partial charge in [-0.3, -0.25) is 4.99 Å². The SMILES string of the molecule is CN=C(NCCCc1nnc(SC)n1CC(C)C)NCCc1ccc(F)cc1C.I. The number of guanidine groups is 1. The van der Waals surface area contributed by atoms with Gasteiger partial charge in [-0.25, -0.2) is 4.39 Å². The third kappa shape index (κ3) is 8.41. The molecule has 0 bridgehead atoms. The van der Waals surface area contributed by atoms with Crippen molar-refractivity contribution >= 4 is 41.7 Å². The largest absolute Gasteiger partial charge is 0.356 e. The number of aliphatic imine (C=N–C) groups is 1. The van der Waals surface area contributed by atoms with E-state index in [0.29, 0.717) is 5.92 Å². The Morgan fingerprint density at radius 3 is 2.57 bits per heavy atom. The summed E-state index contributed by atoms with van der Waals surface area (Å²) in [6.07, 6.45) is 4.68. The van der Waals surface area contributed by atoms with Crippen LogP contribution >= 0.6 is 35.7 Å². The number of hydrogen-bond acceptors (Lipinski definition) is 4. The van der Waals surface area contributed by atoms with Crippen LogP contribution in [-0.4, -0.2) is 47.1 Å². The first kappa shape index (κ1) is 26.7. The topological polar surface area (TPSA) is 67.1 Å². The number of halogens is 2. The normalized spacial score (nSPS) is 11.5. The molecule has 1 aromatic carbocycles. The average Bonchev–Trinajstić information content (AvgIpc) is 3.06. The Morgan fingerprint density at radius 2 is 1.93 bits per heavy atom. The summed E-state index contributed by atoms with van der Waals surface area (Å²) in [5.41, 5.74) is 2.12. The van der Waals surface area contributed by atoms with E-state index >= 15 is 0 Å². The maximum atomic E-state index is 13.2. The number of rotatable bonds is 10. The summed E-state index contributed by atoms with van der Waals surface area (Å²) in [6, 6.07) is 4.93. The predicted octanol–water partition coefficient (Wildman–Crippen LogP) is 4.06. The van der Waals surface area contributed by atoms with Crippen LogP contribution in [0.5, 0.6) is 0 Å². The van der Waals surface area contributed by atoms with Crippen molar-refractivity contribution < 1.29 is 4.39 Å². The van der Waals surface area contributed by atoms with Crippen LogP contribution in [-0.2, 0) is 19.4 Å². The van der Waals surface area contributed by atoms with Gasteiger partial charge in [0.2, 0.25) is 0 Å². The van der Waals surface area contributed by atoms with Crippen molar-refractivity contribution in [1.82, 2.24) is 25.4 Å². The highest BCUT2D eigenvalue weighted by Gasteiger charge is 2.12. The number of benzene rings is 1. The third-order valence-corrected chi connectivity index (χ3v) is 5.28. The van der Waals surface area contributed by atoms with Gasteiger partial charge in [0.1, 0.15) is 11.6 Å². The molecule has 0 aliphatic heterocycles. The quantitative estimate of drug-likeness (QED) is 0.154. The first-order valence-corrected chi connectivity index (χ1v) is 11.3. The molecule has 1 aromatic heterocycles. The number of thioether (sulfide) groups is 1. The van der Waals surface area contributed by atoms with Crippen LogP contribution in [0.25, 0.3) is 0 Å². The number of aromatic nitrogens is 3. The van der Waals surface area contributed by atoms with Crippen molar-refractivity contribution in [2.24, 2.45) is 10.9 Å². The zero-order chi connectivity index (χ0) is 21.2. The maximum Gasteiger partial charge on any atom is 0.190 e. The highest BCUT2D eigenvalue weighted by atomic mass is 127. The van der Waals surface area contributed by atoms with Crippen molar-refractivity contribution in [3.63, 3.8) is 0 Å². The van der Waals surface area contributed by atoms with Gasteiger partial charge in [-0.15, -0.1) is 34.2 Å². The summed E-state index contributed by atoms with van der Waals surface area (Å²) in [7, 11) is 1.77. The second-order valence-electron chi connectivity index (χ2n) is 7.46. The highest BCUT2D eigenvalue weighted by molar-refractivity contribution is 14.0. The van der Waals surface area contributed by atoms with Gasteiger partial charge in [-0.05, 0) is 55.2 Å². The predicted molar refractivity (Wildman–Crippen MR) is 135 cm³/mol. The first-order chi connectivity index (χ1) is 13.9. The standard InChI is InChI=1S/C21H33FN6S.HI/c1-15(2)14-28-19(26-27-21(28)29-5)7-6-11-24-20(23-4)25-12-10-17-8-9-18(22)13-16(17)3;/h8-9,13,15H,6-7,10-12,14H2,1-5H3,(H2,23,24,25);1H. The maximum absolute atomic E-state index is 13.2. The van der Waals surface area contributed by atoms with Crippen LogP contribution in [0.4, 0.5) is 4.39 Å². The number of nitrogens with one attached hydrogen (secondary N) is 2. The molecule has 0 spiro atoms. The molecule has 1 heterocycles. The molecule has 2 rings (SSSR count). The van der Waals surface area contributed by atoms with E-state index in [1.54, 1.807) is 24.9 Å². The Kier molecular flexibility index (Phi) is 12.3. The number of nitrogens with zero attached hydrogens (tertiary/aromatic N) is 4. The molecule has 0 saturated heterocycles. The van der Waals surface area contributed by atoms with Crippen molar-refractivity contribution in [1.29, 1.82) is 0 Å². The molecule has 168 valence electrons. The van der Waals surface area contributed by atoms with E-state index < -0.39 is 0 Å². The van der Waals surface area contributed by atoms with E-state index in [1.807, 2.05) is 19.2 Å². The van der Waals surface area contributed by atoms with Crippen LogP contribution in [0.15, 0.2) is 28.3 Å². The summed E-state index contributed by atoms with van der Waals surface area (Å²) in [6.45, 7) is 8.84. The van der Waals surface area contributed by atoms with Crippen LogP contribution in [0, 0.1) is 18.7 Å². The molecule has 6 nitrogen and oxygen atoms in total. The smallest absolute Gasteiger partial charge is 0.190 e. The number of hydrogen-bond donors (Lipinski definition) is 2. The fourth-order valence-electron chi connectivity index (χ4n) is 3.13. The third-order valence-electron chi connectivity index (χ3n) is 4.61. The minimum absolute atomic E-state index is 0. The molecule has 0 aliphatic rings. The Hall–Kier alpha value is -1.36. The molecular formula is C21H34FIN6S. The summed E-state index contributed by atoms with van der Waals surface area (Å²) in [4.78, 5) is 4.27. The van der Waals surface area contributed by atoms with Gasteiger partial charge < -0.3 is 15.2 Å². The molecule has 2 N–H and O–H groups in total. The summed E-state index contributed by atoms with van der Waals surface area (Å²) < 4.78 is 15.4. The van der Waals surface area contributed by atoms with Crippen LogP contribution in [0.3, 0.4) is 0 Å². The zero-order valence-corrected chi connectivity index (χ0v) is 21.7. The number of aryl methyl sites for hydroxylation is 2. The lowest BCUT2D eigenvalue weighted by molar-refractivity contribution is 0.477. The Balaban J connectivity index is 0.00000450. The van der Waals surface area contributed by atoms with Crippen molar-refractivity contribution in [3.05, 3.63) is 41.0 Å². The summed E-state index contributed by atoms with van der Waals surface area (Å²) in [5.74, 6) is 2.19. The molecule has 0 radical (unpaired) electrons. The fraction of sp³-hybridized carbons (Fsp3) is 0.571. The van der Waals surface area contributed by atoms with E-state index in [2.05, 4.69) is 44.2 Å². The monoisotopic (exact) mass is 548 g/mol. The van der Waals surface area contributed by atoms with Crippen molar-refractivity contribution in [2.45, 2.75) is 51.7 Å². The van der Waals surface area contributed by atoms with Crippen molar-refractivity contribution in [2.75, 3.05) is 26.4 Å². The van der Waals surface area contributed by atoms with Crippen LogP contribution in [0.1, 0.15) is 37.2 Å². The second kappa shape index (κ2) is 13.8. The summed E-state index contributed by atoms with van der Waals surface area (Å²) >= 11 is 1.64. The first-order valence-electron chi connectivity index (χ1n) is 10.1. The summed E-state index contributed by atoms with van der Waals surface area (Å²) in [5, 5.41) is 16.3. The van der Waals surface area contributed by atoms with Gasteiger partial charge in [-0.1, -0.05) is 31.7 Å². The molecule has 0 unspecified atom stereocenters. The molecule has 0 amide bonds. The molecule has 9 heteroatoms. The van der Waals surface area contributed by atoms with E-state index in [1.165, 1.54) is 6.07 Å². The van der Waals surface area contributed by atoms with Crippen molar-refractivity contribution in [3.8, 4) is 0 Å². The molecule has 2 aromatic rings. The molecular weight excluding hydrogens is 514 g/mol. The van der Waals surface area contributed by atoms with E-state index in [0.717, 1.165) is 67.0 Å². The molecule has 0 atom stereocenters. The Bertz CT molecular complexity index is 809. The molecule has 0 fully saturated rings. The van der Waals surface area contributed by atoms with E-state index in [-0.39, 0.29) is 29.8 Å². The van der Waals surface area contributed by atoms with Gasteiger partial charge in [0, 0.05) is 33.1 Å².